The fourth-order valence-corrected chi connectivity index (χ4v) is 5.66. The van der Waals surface area contributed by atoms with E-state index in [1.807, 2.05) is 42.5 Å². The number of fused-ring (bicyclic) bond motifs is 1. The average molecular weight is 372 g/mol. The molecule has 0 aromatic heterocycles. The lowest BCUT2D eigenvalue weighted by molar-refractivity contribution is 0.306. The van der Waals surface area contributed by atoms with Crippen molar-refractivity contribution in [2.24, 2.45) is 5.92 Å². The first-order valence-electron chi connectivity index (χ1n) is 9.15. The number of nitrogens with one attached hydrogen (secondary N) is 2. The van der Waals surface area contributed by atoms with E-state index in [9.17, 15) is 8.42 Å². The second-order valence-electron chi connectivity index (χ2n) is 7.06. The molecule has 1 atom stereocenters. The van der Waals surface area contributed by atoms with Crippen molar-refractivity contribution in [2.75, 3.05) is 12.4 Å². The summed E-state index contributed by atoms with van der Waals surface area (Å²) in [7, 11) is -1.99. The predicted molar refractivity (Wildman–Crippen MR) is 103 cm³/mol. The normalized spacial score (nSPS) is 22.3. The van der Waals surface area contributed by atoms with Crippen LogP contribution in [-0.4, -0.2) is 21.7 Å². The van der Waals surface area contributed by atoms with Crippen LogP contribution in [0.5, 0.6) is 5.75 Å². The van der Waals surface area contributed by atoms with Crippen LogP contribution in [0.4, 0.5) is 5.69 Å². The molecule has 2 aliphatic rings. The third-order valence-electron chi connectivity index (χ3n) is 5.38. The van der Waals surface area contributed by atoms with E-state index in [0.717, 1.165) is 18.4 Å². The van der Waals surface area contributed by atoms with Crippen LogP contribution in [0, 0.1) is 5.92 Å². The van der Waals surface area contributed by atoms with Gasteiger partial charge in [-0.15, -0.1) is 0 Å². The lowest BCUT2D eigenvalue weighted by Gasteiger charge is -2.36. The molecule has 4 rings (SSSR count). The highest BCUT2D eigenvalue weighted by Crippen LogP contribution is 2.39. The second kappa shape index (κ2) is 6.93. The number of hydrogen-bond donors (Lipinski definition) is 2. The Morgan fingerprint density at radius 2 is 1.81 bits per heavy atom. The zero-order chi connectivity index (χ0) is 18.1. The van der Waals surface area contributed by atoms with Gasteiger partial charge in [0.05, 0.1) is 19.0 Å². The third kappa shape index (κ3) is 3.19. The minimum atomic E-state index is -3.59. The van der Waals surface area contributed by atoms with Crippen LogP contribution in [-0.2, 0) is 10.0 Å². The molecule has 26 heavy (non-hydrogen) atoms. The molecular formula is C20H24N2O3S. The minimum absolute atomic E-state index is 0.228. The van der Waals surface area contributed by atoms with Gasteiger partial charge in [0.2, 0.25) is 10.0 Å². The molecular weight excluding hydrogens is 348 g/mol. The summed E-state index contributed by atoms with van der Waals surface area (Å²) >= 11 is 0. The zero-order valence-corrected chi connectivity index (χ0v) is 15.7. The smallest absolute Gasteiger partial charge is 0.244 e. The van der Waals surface area contributed by atoms with E-state index >= 15 is 0 Å². The van der Waals surface area contributed by atoms with Crippen LogP contribution in [0.15, 0.2) is 47.4 Å². The molecule has 0 saturated heterocycles. The third-order valence-corrected chi connectivity index (χ3v) is 6.92. The molecule has 0 bridgehead atoms. The molecule has 1 fully saturated rings. The number of ether oxygens (including phenoxy) is 1. The Bertz CT molecular complexity index is 905. The fourth-order valence-electron chi connectivity index (χ4n) is 4.06. The summed E-state index contributed by atoms with van der Waals surface area (Å²) in [5, 5.41) is 3.44. The topological polar surface area (TPSA) is 67.4 Å². The first-order valence-corrected chi connectivity index (χ1v) is 10.6. The summed E-state index contributed by atoms with van der Waals surface area (Å²) < 4.78 is 34.4. The Balaban J connectivity index is 1.76. The van der Waals surface area contributed by atoms with Crippen LogP contribution in [0.25, 0.3) is 11.1 Å². The predicted octanol–water partition coefficient (Wildman–Crippen LogP) is 3.97. The largest absolute Gasteiger partial charge is 0.497 e. The quantitative estimate of drug-likeness (QED) is 0.855. The molecule has 1 aliphatic carbocycles. The van der Waals surface area contributed by atoms with Crippen molar-refractivity contribution in [1.29, 1.82) is 0 Å². The standard InChI is InChI=1S/C20H24N2O3S/c1-25-16-10-5-9-15(13-16)17-11-6-12-18-19(17)26(23,24)22-20(21-18)14-7-3-2-4-8-14/h5-6,9-14,20-22H,2-4,7-8H2,1H3. The number of anilines is 1. The van der Waals surface area contributed by atoms with E-state index in [1.165, 1.54) is 19.3 Å². The molecule has 0 radical (unpaired) electrons. The van der Waals surface area contributed by atoms with E-state index in [4.69, 9.17) is 4.74 Å². The number of hydrogen-bond acceptors (Lipinski definition) is 4. The minimum Gasteiger partial charge on any atom is -0.497 e. The Kier molecular flexibility index (Phi) is 4.63. The van der Waals surface area contributed by atoms with Gasteiger partial charge in [-0.05, 0) is 42.5 Å². The van der Waals surface area contributed by atoms with Gasteiger partial charge < -0.3 is 10.1 Å². The fraction of sp³-hybridized carbons (Fsp3) is 0.400. The monoisotopic (exact) mass is 372 g/mol. The maximum absolute atomic E-state index is 13.1. The van der Waals surface area contributed by atoms with Crippen LogP contribution in [0.3, 0.4) is 0 Å². The van der Waals surface area contributed by atoms with Gasteiger partial charge in [-0.2, -0.15) is 4.72 Å². The first-order chi connectivity index (χ1) is 12.6. The first kappa shape index (κ1) is 17.4. The Labute approximate surface area is 154 Å². The van der Waals surface area contributed by atoms with Crippen molar-refractivity contribution >= 4 is 15.7 Å². The van der Waals surface area contributed by atoms with E-state index in [0.29, 0.717) is 27.8 Å². The summed E-state index contributed by atoms with van der Waals surface area (Å²) in [5.74, 6) is 1.04. The molecule has 1 aliphatic heterocycles. The lowest BCUT2D eigenvalue weighted by Crippen LogP contribution is -2.49. The Hall–Kier alpha value is -2.05. The zero-order valence-electron chi connectivity index (χ0n) is 14.9. The van der Waals surface area contributed by atoms with Crippen molar-refractivity contribution in [1.82, 2.24) is 4.72 Å². The molecule has 5 nitrogen and oxygen atoms in total. The highest BCUT2D eigenvalue weighted by Gasteiger charge is 2.35. The number of methoxy groups -OCH3 is 1. The molecule has 2 aromatic carbocycles. The van der Waals surface area contributed by atoms with E-state index in [-0.39, 0.29) is 6.17 Å². The van der Waals surface area contributed by atoms with Gasteiger partial charge in [-0.3, -0.25) is 0 Å². The molecule has 2 aromatic rings. The van der Waals surface area contributed by atoms with Crippen molar-refractivity contribution < 1.29 is 13.2 Å². The van der Waals surface area contributed by atoms with Gasteiger partial charge in [0.1, 0.15) is 10.6 Å². The molecule has 2 N–H and O–H groups in total. The van der Waals surface area contributed by atoms with Gasteiger partial charge in [0.25, 0.3) is 0 Å². The SMILES string of the molecule is COc1cccc(-c2cccc3c2S(=O)(=O)NC(C2CCCCC2)N3)c1. The maximum Gasteiger partial charge on any atom is 0.244 e. The average Bonchev–Trinajstić information content (AvgIpc) is 2.67. The molecule has 138 valence electrons. The van der Waals surface area contributed by atoms with Crippen molar-refractivity contribution in [3.8, 4) is 16.9 Å². The molecule has 1 unspecified atom stereocenters. The van der Waals surface area contributed by atoms with Gasteiger partial charge >= 0.3 is 0 Å². The van der Waals surface area contributed by atoms with Crippen molar-refractivity contribution in [2.45, 2.75) is 43.2 Å². The van der Waals surface area contributed by atoms with E-state index < -0.39 is 10.0 Å². The van der Waals surface area contributed by atoms with Gasteiger partial charge in [0, 0.05) is 5.56 Å². The van der Waals surface area contributed by atoms with Gasteiger partial charge in [0.15, 0.2) is 0 Å². The number of benzene rings is 2. The van der Waals surface area contributed by atoms with Crippen LogP contribution in [0.2, 0.25) is 0 Å². The maximum atomic E-state index is 13.1. The summed E-state index contributed by atoms with van der Waals surface area (Å²) in [6, 6.07) is 13.1. The Morgan fingerprint density at radius 3 is 2.58 bits per heavy atom. The van der Waals surface area contributed by atoms with Crippen molar-refractivity contribution in [3.05, 3.63) is 42.5 Å². The summed E-state index contributed by atoms with van der Waals surface area (Å²) in [6.45, 7) is 0. The summed E-state index contributed by atoms with van der Waals surface area (Å²) in [4.78, 5) is 0.320. The van der Waals surface area contributed by atoms with E-state index in [1.54, 1.807) is 7.11 Å². The molecule has 1 heterocycles. The highest BCUT2D eigenvalue weighted by atomic mass is 32.2. The molecule has 6 heteroatoms. The van der Waals surface area contributed by atoms with Crippen LogP contribution < -0.4 is 14.8 Å². The number of rotatable bonds is 3. The van der Waals surface area contributed by atoms with E-state index in [2.05, 4.69) is 10.0 Å². The van der Waals surface area contributed by atoms with Crippen LogP contribution in [0.1, 0.15) is 32.1 Å². The second-order valence-corrected chi connectivity index (χ2v) is 8.71. The Morgan fingerprint density at radius 1 is 1.04 bits per heavy atom. The lowest BCUT2D eigenvalue weighted by atomic mass is 9.87. The van der Waals surface area contributed by atoms with Crippen molar-refractivity contribution in [3.63, 3.8) is 0 Å². The molecule has 0 spiro atoms. The summed E-state index contributed by atoms with van der Waals surface area (Å²) in [6.07, 6.45) is 5.47. The van der Waals surface area contributed by atoms with Gasteiger partial charge in [-0.25, -0.2) is 8.42 Å². The molecule has 1 saturated carbocycles. The van der Waals surface area contributed by atoms with Gasteiger partial charge in [-0.1, -0.05) is 43.5 Å². The van der Waals surface area contributed by atoms with Crippen LogP contribution >= 0.6 is 0 Å². The number of sulfonamides is 1. The summed E-state index contributed by atoms with van der Waals surface area (Å²) in [5.41, 5.74) is 2.19. The molecule has 0 amide bonds. The highest BCUT2D eigenvalue weighted by molar-refractivity contribution is 7.90.